The highest BCUT2D eigenvalue weighted by molar-refractivity contribution is 14.0. The highest BCUT2D eigenvalue weighted by Crippen LogP contribution is 2.15. The lowest BCUT2D eigenvalue weighted by Crippen LogP contribution is -2.53. The first-order valence-corrected chi connectivity index (χ1v) is 9.45. The Morgan fingerprint density at radius 3 is 2.76 bits per heavy atom. The first kappa shape index (κ1) is 21.2. The van der Waals surface area contributed by atoms with E-state index in [1.807, 2.05) is 17.2 Å². The van der Waals surface area contributed by atoms with Gasteiger partial charge in [0.05, 0.1) is 6.26 Å². The smallest absolute Gasteiger partial charge is 0.289 e. The van der Waals surface area contributed by atoms with Gasteiger partial charge in [0.15, 0.2) is 11.7 Å². The molecule has 0 radical (unpaired) electrons. The van der Waals surface area contributed by atoms with Gasteiger partial charge >= 0.3 is 0 Å². The number of pyridine rings is 1. The number of H-pyrrole nitrogens is 1. The minimum Gasteiger partial charge on any atom is -0.459 e. The second kappa shape index (κ2) is 9.77. The van der Waals surface area contributed by atoms with Gasteiger partial charge in [-0.25, -0.2) is 4.98 Å². The minimum absolute atomic E-state index is 0. The minimum atomic E-state index is -0.0551. The number of aromatic amines is 1. The summed E-state index contributed by atoms with van der Waals surface area (Å²) in [6, 6.07) is 7.47. The van der Waals surface area contributed by atoms with E-state index in [1.54, 1.807) is 25.4 Å². The van der Waals surface area contributed by atoms with Crippen molar-refractivity contribution in [2.24, 2.45) is 4.99 Å². The van der Waals surface area contributed by atoms with Crippen LogP contribution in [0.2, 0.25) is 0 Å². The first-order valence-electron chi connectivity index (χ1n) is 9.45. The van der Waals surface area contributed by atoms with Crippen LogP contribution in [-0.4, -0.2) is 71.4 Å². The Kier molecular flexibility index (Phi) is 7.13. The molecule has 0 unspecified atom stereocenters. The van der Waals surface area contributed by atoms with Crippen LogP contribution in [0.3, 0.4) is 0 Å². The topological polar surface area (TPSA) is 89.8 Å². The second-order valence-corrected chi connectivity index (χ2v) is 6.69. The Bertz CT molecular complexity index is 960. The molecule has 154 valence electrons. The number of nitrogens with zero attached hydrogens (tertiary/aromatic N) is 4. The molecule has 8 nitrogen and oxygen atoms in total. The monoisotopic (exact) mass is 508 g/mol. The molecule has 0 bridgehead atoms. The average Bonchev–Trinajstić information content (AvgIpc) is 3.41. The summed E-state index contributed by atoms with van der Waals surface area (Å²) in [5.74, 6) is 1.20. The maximum Gasteiger partial charge on any atom is 0.289 e. The summed E-state index contributed by atoms with van der Waals surface area (Å²) in [5, 5.41) is 4.59. The van der Waals surface area contributed by atoms with E-state index in [1.165, 1.54) is 11.8 Å². The molecule has 3 aromatic rings. The molecule has 0 atom stereocenters. The maximum absolute atomic E-state index is 12.4. The molecule has 0 spiro atoms. The van der Waals surface area contributed by atoms with Crippen molar-refractivity contribution in [2.45, 2.75) is 6.42 Å². The number of rotatable bonds is 4. The first-order chi connectivity index (χ1) is 13.8. The Hall–Kier alpha value is -2.56. The molecule has 0 aliphatic carbocycles. The number of piperazine rings is 1. The van der Waals surface area contributed by atoms with Crippen molar-refractivity contribution in [3.63, 3.8) is 0 Å². The predicted octanol–water partition coefficient (Wildman–Crippen LogP) is 2.35. The van der Waals surface area contributed by atoms with Crippen LogP contribution in [0.1, 0.15) is 16.1 Å². The summed E-state index contributed by atoms with van der Waals surface area (Å²) >= 11 is 0. The molecular formula is C20H25IN6O2. The number of fused-ring (bicyclic) bond motifs is 1. The second-order valence-electron chi connectivity index (χ2n) is 6.69. The Morgan fingerprint density at radius 2 is 2.03 bits per heavy atom. The average molecular weight is 508 g/mol. The van der Waals surface area contributed by atoms with E-state index in [9.17, 15) is 4.79 Å². The van der Waals surface area contributed by atoms with Gasteiger partial charge in [-0.2, -0.15) is 0 Å². The lowest BCUT2D eigenvalue weighted by Gasteiger charge is -2.36. The number of carbonyl (C=O) groups is 1. The van der Waals surface area contributed by atoms with Crippen LogP contribution in [0.4, 0.5) is 0 Å². The van der Waals surface area contributed by atoms with Crippen molar-refractivity contribution in [3.8, 4) is 0 Å². The van der Waals surface area contributed by atoms with Crippen molar-refractivity contribution < 1.29 is 9.21 Å². The normalized spacial score (nSPS) is 14.7. The number of carbonyl (C=O) groups excluding carboxylic acids is 1. The van der Waals surface area contributed by atoms with Crippen LogP contribution in [0.15, 0.2) is 52.3 Å². The summed E-state index contributed by atoms with van der Waals surface area (Å²) in [5.41, 5.74) is 2.15. The van der Waals surface area contributed by atoms with Gasteiger partial charge in [-0.3, -0.25) is 9.79 Å². The Labute approximate surface area is 186 Å². The maximum atomic E-state index is 12.4. The molecule has 0 saturated carbocycles. The Balaban J connectivity index is 0.00000240. The molecule has 4 rings (SSSR count). The van der Waals surface area contributed by atoms with Crippen molar-refractivity contribution in [1.29, 1.82) is 0 Å². The fourth-order valence-electron chi connectivity index (χ4n) is 3.54. The van der Waals surface area contributed by atoms with Gasteiger partial charge in [0.25, 0.3) is 5.91 Å². The third-order valence-electron chi connectivity index (χ3n) is 5.02. The lowest BCUT2D eigenvalue weighted by atomic mass is 10.1. The van der Waals surface area contributed by atoms with Gasteiger partial charge < -0.3 is 24.5 Å². The zero-order valence-electron chi connectivity index (χ0n) is 16.3. The van der Waals surface area contributed by atoms with Crippen LogP contribution in [0.5, 0.6) is 0 Å². The van der Waals surface area contributed by atoms with E-state index in [0.717, 1.165) is 43.0 Å². The molecule has 3 aromatic heterocycles. The molecule has 1 amide bonds. The molecule has 1 aliphatic rings. The van der Waals surface area contributed by atoms with Gasteiger partial charge in [-0.05, 0) is 36.2 Å². The number of halogens is 1. The third kappa shape index (κ3) is 4.72. The van der Waals surface area contributed by atoms with Crippen molar-refractivity contribution in [1.82, 2.24) is 25.1 Å². The van der Waals surface area contributed by atoms with Crippen molar-refractivity contribution in [2.75, 3.05) is 39.8 Å². The van der Waals surface area contributed by atoms with Gasteiger partial charge in [-0.15, -0.1) is 24.0 Å². The molecule has 2 N–H and O–H groups in total. The number of hydrogen-bond acceptors (Lipinski definition) is 4. The zero-order valence-corrected chi connectivity index (χ0v) is 18.6. The standard InChI is InChI=1S/C20H24N6O2.HI/c1-21-20(23-8-6-15-14-24-18-16(15)4-2-7-22-18)26-11-9-25(10-12-26)19(27)17-5-3-13-28-17;/h2-5,7,13-14H,6,8-12H2,1H3,(H,21,23)(H,22,24);1H. The molecule has 9 heteroatoms. The van der Waals surface area contributed by atoms with E-state index in [0.29, 0.717) is 18.8 Å². The molecule has 1 saturated heterocycles. The number of furan rings is 1. The Morgan fingerprint density at radius 1 is 1.24 bits per heavy atom. The zero-order chi connectivity index (χ0) is 19.3. The molecule has 4 heterocycles. The third-order valence-corrected chi connectivity index (χ3v) is 5.02. The fourth-order valence-corrected chi connectivity index (χ4v) is 3.54. The van der Waals surface area contributed by atoms with Gasteiger partial charge in [0, 0.05) is 57.6 Å². The molecule has 29 heavy (non-hydrogen) atoms. The number of aromatic nitrogens is 2. The summed E-state index contributed by atoms with van der Waals surface area (Å²) in [6.45, 7) is 3.55. The predicted molar refractivity (Wildman–Crippen MR) is 123 cm³/mol. The number of amides is 1. The lowest BCUT2D eigenvalue weighted by molar-refractivity contribution is 0.0658. The number of guanidine groups is 1. The van der Waals surface area contributed by atoms with Gasteiger partial charge in [0.1, 0.15) is 5.65 Å². The van der Waals surface area contributed by atoms with Crippen LogP contribution in [0, 0.1) is 0 Å². The fraction of sp³-hybridized carbons (Fsp3) is 0.350. The molecular weight excluding hydrogens is 483 g/mol. The molecule has 1 aliphatic heterocycles. The number of nitrogens with one attached hydrogen (secondary N) is 2. The number of aliphatic imine (C=N–C) groups is 1. The van der Waals surface area contributed by atoms with Crippen LogP contribution >= 0.6 is 24.0 Å². The van der Waals surface area contributed by atoms with E-state index < -0.39 is 0 Å². The summed E-state index contributed by atoms with van der Waals surface area (Å²) in [7, 11) is 1.79. The van der Waals surface area contributed by atoms with E-state index in [2.05, 4.69) is 31.2 Å². The molecule has 1 fully saturated rings. The summed E-state index contributed by atoms with van der Waals surface area (Å²) < 4.78 is 5.22. The quantitative estimate of drug-likeness (QED) is 0.321. The number of hydrogen-bond donors (Lipinski definition) is 2. The van der Waals surface area contributed by atoms with Crippen LogP contribution in [0.25, 0.3) is 11.0 Å². The highest BCUT2D eigenvalue weighted by atomic mass is 127. The van der Waals surface area contributed by atoms with Crippen molar-refractivity contribution >= 4 is 46.9 Å². The highest BCUT2D eigenvalue weighted by Gasteiger charge is 2.25. The SMILES string of the molecule is CN=C(NCCc1c[nH]c2ncccc12)N1CCN(C(=O)c2ccco2)CC1.I. The van der Waals surface area contributed by atoms with E-state index in [-0.39, 0.29) is 29.9 Å². The van der Waals surface area contributed by atoms with Gasteiger partial charge in [0.2, 0.25) is 0 Å². The largest absolute Gasteiger partial charge is 0.459 e. The van der Waals surface area contributed by atoms with E-state index >= 15 is 0 Å². The van der Waals surface area contributed by atoms with Crippen molar-refractivity contribution in [3.05, 3.63) is 54.2 Å². The van der Waals surface area contributed by atoms with E-state index in [4.69, 9.17) is 4.42 Å². The van der Waals surface area contributed by atoms with Crippen LogP contribution < -0.4 is 5.32 Å². The molecule has 0 aromatic carbocycles. The summed E-state index contributed by atoms with van der Waals surface area (Å²) in [6.07, 6.45) is 6.21. The summed E-state index contributed by atoms with van der Waals surface area (Å²) in [4.78, 5) is 28.3. The van der Waals surface area contributed by atoms with Crippen LogP contribution in [-0.2, 0) is 6.42 Å². The van der Waals surface area contributed by atoms with Gasteiger partial charge in [-0.1, -0.05) is 0 Å².